The Labute approximate surface area is 74.6 Å². The first-order valence-electron chi connectivity index (χ1n) is 4.17. The highest BCUT2D eigenvalue weighted by molar-refractivity contribution is 8.13. The van der Waals surface area contributed by atoms with Crippen LogP contribution in [0.5, 0.6) is 0 Å². The molecule has 3 aliphatic heterocycles. The monoisotopic (exact) mass is 186 g/mol. The molecule has 3 heterocycles. The lowest BCUT2D eigenvalue weighted by Gasteiger charge is -2.17. The zero-order valence-electron chi connectivity index (χ0n) is 6.53. The Morgan fingerprint density at radius 2 is 2.58 bits per heavy atom. The highest BCUT2D eigenvalue weighted by Gasteiger charge is 2.50. The molecule has 0 aliphatic carbocycles. The molecule has 0 saturated carbocycles. The van der Waals surface area contributed by atoms with E-state index in [4.69, 9.17) is 4.84 Å². The summed E-state index contributed by atoms with van der Waals surface area (Å²) in [6.07, 6.45) is 0. The minimum atomic E-state index is 0.246. The molecule has 1 amide bonds. The van der Waals surface area contributed by atoms with Gasteiger partial charge in [0.25, 0.3) is 5.24 Å². The third kappa shape index (κ3) is 0.787. The van der Waals surface area contributed by atoms with Crippen molar-refractivity contribution in [3.63, 3.8) is 0 Å². The van der Waals surface area contributed by atoms with Crippen LogP contribution in [0, 0.1) is 5.92 Å². The van der Waals surface area contributed by atoms with Gasteiger partial charge in [-0.2, -0.15) is 5.48 Å². The molecule has 0 unspecified atom stereocenters. The predicted octanol–water partition coefficient (Wildman–Crippen LogP) is 0.0570. The van der Waals surface area contributed by atoms with E-state index < -0.39 is 0 Å². The number of hydrogen-bond acceptors (Lipinski definition) is 4. The van der Waals surface area contributed by atoms with Gasteiger partial charge in [-0.3, -0.25) is 4.79 Å². The third-order valence-corrected chi connectivity index (χ3v) is 3.87. The van der Waals surface area contributed by atoms with Gasteiger partial charge in [-0.05, 0) is 0 Å². The number of carbonyl (C=O) groups is 1. The van der Waals surface area contributed by atoms with E-state index in [1.54, 1.807) is 0 Å². The summed E-state index contributed by atoms with van der Waals surface area (Å²) in [5.41, 5.74) is 3.00. The average molecular weight is 186 g/mol. The van der Waals surface area contributed by atoms with Crippen LogP contribution in [-0.4, -0.2) is 41.1 Å². The van der Waals surface area contributed by atoms with Crippen LogP contribution in [0.3, 0.4) is 0 Å². The van der Waals surface area contributed by atoms with E-state index in [-0.39, 0.29) is 5.24 Å². The van der Waals surface area contributed by atoms with E-state index in [1.165, 1.54) is 11.8 Å². The van der Waals surface area contributed by atoms with E-state index in [2.05, 4.69) is 5.48 Å². The van der Waals surface area contributed by atoms with Crippen molar-refractivity contribution in [3.8, 4) is 0 Å². The minimum Gasteiger partial charge on any atom is -0.328 e. The zero-order chi connectivity index (χ0) is 8.13. The molecule has 3 atom stereocenters. The van der Waals surface area contributed by atoms with E-state index >= 15 is 0 Å². The molecular weight excluding hydrogens is 176 g/mol. The maximum absolute atomic E-state index is 11.3. The predicted molar refractivity (Wildman–Crippen MR) is 44.7 cm³/mol. The topological polar surface area (TPSA) is 41.6 Å². The van der Waals surface area contributed by atoms with Gasteiger partial charge in [0, 0.05) is 18.2 Å². The van der Waals surface area contributed by atoms with Crippen LogP contribution in [0.15, 0.2) is 0 Å². The van der Waals surface area contributed by atoms with Gasteiger partial charge in [0.15, 0.2) is 0 Å². The molecular formula is C7H10N2O2S. The van der Waals surface area contributed by atoms with Crippen LogP contribution in [0.1, 0.15) is 0 Å². The van der Waals surface area contributed by atoms with Crippen LogP contribution >= 0.6 is 11.8 Å². The van der Waals surface area contributed by atoms with E-state index in [0.29, 0.717) is 18.0 Å². The standard InChI is InChI=1S/C7H10N2O2S/c10-7-9-1-4-2-11-8-6(4)5(9)3-12-7/h4-6,8H,1-3H2/t4-,5-,6+/m0/s1. The van der Waals surface area contributed by atoms with E-state index in [1.807, 2.05) is 4.90 Å². The maximum Gasteiger partial charge on any atom is 0.282 e. The van der Waals surface area contributed by atoms with Gasteiger partial charge in [0.1, 0.15) is 0 Å². The van der Waals surface area contributed by atoms with Crippen molar-refractivity contribution in [2.75, 3.05) is 18.9 Å². The number of fused-ring (bicyclic) bond motifs is 3. The highest BCUT2D eigenvalue weighted by Crippen LogP contribution is 2.36. The number of nitrogens with zero attached hydrogens (tertiary/aromatic N) is 1. The van der Waals surface area contributed by atoms with Gasteiger partial charge in [-0.25, -0.2) is 0 Å². The Kier molecular flexibility index (Phi) is 1.42. The fourth-order valence-electron chi connectivity index (χ4n) is 2.24. The molecule has 3 aliphatic rings. The number of thioether (sulfide) groups is 1. The molecule has 12 heavy (non-hydrogen) atoms. The van der Waals surface area contributed by atoms with Gasteiger partial charge < -0.3 is 9.74 Å². The Hall–Kier alpha value is -0.260. The van der Waals surface area contributed by atoms with Gasteiger partial charge in [0.2, 0.25) is 0 Å². The van der Waals surface area contributed by atoms with Crippen molar-refractivity contribution in [1.29, 1.82) is 0 Å². The summed E-state index contributed by atoms with van der Waals surface area (Å²) < 4.78 is 0. The number of amides is 1. The number of hydrogen-bond donors (Lipinski definition) is 1. The van der Waals surface area contributed by atoms with Crippen molar-refractivity contribution < 1.29 is 9.63 Å². The quantitative estimate of drug-likeness (QED) is 0.580. The van der Waals surface area contributed by atoms with Crippen molar-refractivity contribution in [2.24, 2.45) is 5.92 Å². The first kappa shape index (κ1) is 7.17. The molecule has 1 N–H and O–H groups in total. The fraction of sp³-hybridized carbons (Fsp3) is 0.857. The van der Waals surface area contributed by atoms with Gasteiger partial charge in [-0.15, -0.1) is 0 Å². The first-order chi connectivity index (χ1) is 5.86. The van der Waals surface area contributed by atoms with Gasteiger partial charge in [-0.1, -0.05) is 11.8 Å². The normalized spacial score (nSPS) is 45.2. The molecule has 5 heteroatoms. The summed E-state index contributed by atoms with van der Waals surface area (Å²) in [5, 5.41) is 0.246. The summed E-state index contributed by atoms with van der Waals surface area (Å²) in [6.45, 7) is 1.64. The molecule has 0 radical (unpaired) electrons. The molecule has 3 fully saturated rings. The molecule has 3 rings (SSSR count). The van der Waals surface area contributed by atoms with Crippen molar-refractivity contribution in [1.82, 2.24) is 10.4 Å². The summed E-state index contributed by atoms with van der Waals surface area (Å²) in [5.74, 6) is 1.45. The molecule has 0 aromatic heterocycles. The number of nitrogens with one attached hydrogen (secondary N) is 1. The molecule has 4 nitrogen and oxygen atoms in total. The van der Waals surface area contributed by atoms with Crippen molar-refractivity contribution >= 4 is 17.0 Å². The molecule has 0 aromatic carbocycles. The summed E-state index contributed by atoms with van der Waals surface area (Å²) >= 11 is 1.43. The SMILES string of the molecule is O=C1SC[C@H]2[C@@H]3NOC[C@@H]3CN12. The van der Waals surface area contributed by atoms with E-state index in [9.17, 15) is 4.79 Å². The van der Waals surface area contributed by atoms with Gasteiger partial charge in [0.05, 0.1) is 18.7 Å². The Morgan fingerprint density at radius 3 is 3.50 bits per heavy atom. The average Bonchev–Trinajstić information content (AvgIpc) is 2.63. The van der Waals surface area contributed by atoms with Crippen LogP contribution in [0.2, 0.25) is 0 Å². The zero-order valence-corrected chi connectivity index (χ0v) is 7.34. The lowest BCUT2D eigenvalue weighted by molar-refractivity contribution is 0.0684. The summed E-state index contributed by atoms with van der Waals surface area (Å²) in [4.78, 5) is 18.4. The first-order valence-corrected chi connectivity index (χ1v) is 5.15. The lowest BCUT2D eigenvalue weighted by atomic mass is 10.0. The highest BCUT2D eigenvalue weighted by atomic mass is 32.2. The Morgan fingerprint density at radius 1 is 1.67 bits per heavy atom. The molecule has 3 saturated heterocycles. The van der Waals surface area contributed by atoms with Crippen LogP contribution in [-0.2, 0) is 4.84 Å². The third-order valence-electron chi connectivity index (χ3n) is 2.88. The van der Waals surface area contributed by atoms with Crippen LogP contribution in [0.4, 0.5) is 4.79 Å². The van der Waals surface area contributed by atoms with E-state index in [0.717, 1.165) is 18.9 Å². The maximum atomic E-state index is 11.3. The van der Waals surface area contributed by atoms with Crippen LogP contribution < -0.4 is 5.48 Å². The second kappa shape index (κ2) is 2.37. The molecule has 0 bridgehead atoms. The molecule has 66 valence electrons. The minimum absolute atomic E-state index is 0.246. The smallest absolute Gasteiger partial charge is 0.282 e. The second-order valence-corrected chi connectivity index (χ2v) is 4.48. The largest absolute Gasteiger partial charge is 0.328 e. The number of rotatable bonds is 0. The Bertz CT molecular complexity index is 235. The van der Waals surface area contributed by atoms with Crippen molar-refractivity contribution in [2.45, 2.75) is 12.1 Å². The van der Waals surface area contributed by atoms with Crippen molar-refractivity contribution in [3.05, 3.63) is 0 Å². The number of carbonyl (C=O) groups excluding carboxylic acids is 1. The summed E-state index contributed by atoms with van der Waals surface area (Å²) in [7, 11) is 0. The van der Waals surface area contributed by atoms with Gasteiger partial charge >= 0.3 is 0 Å². The lowest BCUT2D eigenvalue weighted by Crippen LogP contribution is -2.39. The molecule has 0 aromatic rings. The second-order valence-electron chi connectivity index (χ2n) is 3.51. The Balaban J connectivity index is 1.87. The fourth-order valence-corrected chi connectivity index (χ4v) is 3.31. The molecule has 0 spiro atoms. The number of hydroxylamine groups is 1. The summed E-state index contributed by atoms with van der Waals surface area (Å²) in [6, 6.07) is 0.777. The van der Waals surface area contributed by atoms with Crippen LogP contribution in [0.25, 0.3) is 0 Å².